The Labute approximate surface area is 199 Å². The molecule has 0 fully saturated rings. The number of hydrogen-bond donors (Lipinski definition) is 0. The second kappa shape index (κ2) is 20.5. The van der Waals surface area contributed by atoms with E-state index < -0.39 is 5.41 Å². The molecule has 0 radical (unpaired) electrons. The van der Waals surface area contributed by atoms with Crippen LogP contribution in [0.25, 0.3) is 0 Å². The fourth-order valence-electron chi connectivity index (χ4n) is 4.66. The van der Waals surface area contributed by atoms with E-state index in [1.165, 1.54) is 0 Å². The molecule has 0 bridgehead atoms. The molecule has 0 aliphatic carbocycles. The summed E-state index contributed by atoms with van der Waals surface area (Å²) in [4.78, 5) is 25.9. The number of ether oxygens (including phenoxy) is 2. The maximum Gasteiger partial charge on any atom is 0.314 e. The third-order valence-corrected chi connectivity index (χ3v) is 6.72. The Bertz CT molecular complexity index is 440. The number of unbranched alkanes of at least 4 members (excludes halogenated alkanes) is 8. The largest absolute Gasteiger partial charge is 0.428 e. The van der Waals surface area contributed by atoms with Crippen LogP contribution in [0.4, 0.5) is 0 Å². The van der Waals surface area contributed by atoms with Gasteiger partial charge in [-0.1, -0.05) is 118 Å². The topological polar surface area (TPSA) is 52.6 Å². The third-order valence-electron chi connectivity index (χ3n) is 6.72. The molecule has 0 aliphatic heterocycles. The monoisotopic (exact) mass is 454 g/mol. The Kier molecular flexibility index (Phi) is 19.9. The van der Waals surface area contributed by atoms with E-state index >= 15 is 0 Å². The van der Waals surface area contributed by atoms with Crippen LogP contribution in [0.2, 0.25) is 0 Å². The lowest BCUT2D eigenvalue weighted by Crippen LogP contribution is -2.34. The fourth-order valence-corrected chi connectivity index (χ4v) is 4.66. The number of carbonyl (C=O) groups is 2. The standard InChI is InChI=1S/C28H54O4/c1-6-11-15-19-25(20-16-12-7-2)26(29)31-24-32-27(30)28(21-10-5,22-17-13-8-3)23-18-14-9-4/h25H,6-24H2,1-5H3. The van der Waals surface area contributed by atoms with Crippen LogP contribution in [-0.2, 0) is 19.1 Å². The maximum absolute atomic E-state index is 13.2. The molecule has 0 aromatic rings. The van der Waals surface area contributed by atoms with Gasteiger partial charge in [0.25, 0.3) is 0 Å². The van der Waals surface area contributed by atoms with Gasteiger partial charge in [-0.15, -0.1) is 0 Å². The summed E-state index contributed by atoms with van der Waals surface area (Å²) in [6, 6.07) is 0. The average molecular weight is 455 g/mol. The molecule has 0 heterocycles. The molecule has 0 aliphatic rings. The van der Waals surface area contributed by atoms with Gasteiger partial charge < -0.3 is 9.47 Å². The van der Waals surface area contributed by atoms with E-state index in [-0.39, 0.29) is 24.6 Å². The summed E-state index contributed by atoms with van der Waals surface area (Å²) >= 11 is 0. The first-order valence-electron chi connectivity index (χ1n) is 13.8. The average Bonchev–Trinajstić information content (AvgIpc) is 2.78. The predicted molar refractivity (Wildman–Crippen MR) is 134 cm³/mol. The first-order valence-corrected chi connectivity index (χ1v) is 13.8. The highest BCUT2D eigenvalue weighted by atomic mass is 16.7. The van der Waals surface area contributed by atoms with E-state index in [0.717, 1.165) is 116 Å². The SMILES string of the molecule is CCCCCC(CCCCC)C(=O)OCOC(=O)C(CCC)(CCCCC)CCCCC. The molecule has 0 unspecified atom stereocenters. The number of carbonyl (C=O) groups excluding carboxylic acids is 2. The summed E-state index contributed by atoms with van der Waals surface area (Å²) in [5, 5.41) is 0. The van der Waals surface area contributed by atoms with Crippen molar-refractivity contribution in [2.75, 3.05) is 6.79 Å². The molecular formula is C28H54O4. The van der Waals surface area contributed by atoms with E-state index in [0.29, 0.717) is 0 Å². The fraction of sp³-hybridized carbons (Fsp3) is 0.929. The molecule has 4 nitrogen and oxygen atoms in total. The summed E-state index contributed by atoms with van der Waals surface area (Å²) in [6.45, 7) is 10.6. The summed E-state index contributed by atoms with van der Waals surface area (Å²) in [5.41, 5.74) is -0.423. The van der Waals surface area contributed by atoms with E-state index in [9.17, 15) is 9.59 Å². The highest BCUT2D eigenvalue weighted by molar-refractivity contribution is 5.77. The molecule has 4 heteroatoms. The van der Waals surface area contributed by atoms with Gasteiger partial charge in [0.05, 0.1) is 11.3 Å². The Hall–Kier alpha value is -1.06. The summed E-state index contributed by atoms with van der Waals surface area (Å²) in [7, 11) is 0. The van der Waals surface area contributed by atoms with Crippen molar-refractivity contribution >= 4 is 11.9 Å². The summed E-state index contributed by atoms with van der Waals surface area (Å²) in [5.74, 6) is -0.419. The van der Waals surface area contributed by atoms with Gasteiger partial charge in [0, 0.05) is 0 Å². The van der Waals surface area contributed by atoms with Gasteiger partial charge in [-0.05, 0) is 32.1 Å². The molecule has 0 amide bonds. The van der Waals surface area contributed by atoms with Gasteiger partial charge >= 0.3 is 11.9 Å². The Balaban J connectivity index is 4.92. The van der Waals surface area contributed by atoms with Gasteiger partial charge in [-0.3, -0.25) is 9.59 Å². The van der Waals surface area contributed by atoms with Crippen molar-refractivity contribution in [1.82, 2.24) is 0 Å². The molecule has 0 rings (SSSR count). The first-order chi connectivity index (χ1) is 15.5. The third kappa shape index (κ3) is 13.5. The van der Waals surface area contributed by atoms with Gasteiger partial charge in [0.2, 0.25) is 6.79 Å². The zero-order valence-electron chi connectivity index (χ0n) is 22.1. The first kappa shape index (κ1) is 30.9. The molecule has 0 spiro atoms. The van der Waals surface area contributed by atoms with Crippen molar-refractivity contribution in [3.05, 3.63) is 0 Å². The quantitative estimate of drug-likeness (QED) is 0.0931. The van der Waals surface area contributed by atoms with E-state index in [1.807, 2.05) is 0 Å². The number of rotatable bonds is 22. The predicted octanol–water partition coefficient (Wildman–Crippen LogP) is 8.75. The van der Waals surface area contributed by atoms with E-state index in [1.54, 1.807) is 0 Å². The molecule has 0 aromatic heterocycles. The maximum atomic E-state index is 13.2. The number of esters is 2. The Morgan fingerprint density at radius 3 is 1.50 bits per heavy atom. The van der Waals surface area contributed by atoms with Crippen LogP contribution in [0.3, 0.4) is 0 Å². The zero-order valence-corrected chi connectivity index (χ0v) is 22.1. The van der Waals surface area contributed by atoms with Crippen LogP contribution >= 0.6 is 0 Å². The van der Waals surface area contributed by atoms with Gasteiger partial charge in [-0.25, -0.2) is 0 Å². The minimum absolute atomic E-state index is 0.0682. The van der Waals surface area contributed by atoms with Crippen LogP contribution < -0.4 is 0 Å². The molecular weight excluding hydrogens is 400 g/mol. The smallest absolute Gasteiger partial charge is 0.314 e. The van der Waals surface area contributed by atoms with Crippen molar-refractivity contribution in [2.24, 2.45) is 11.3 Å². The highest BCUT2D eigenvalue weighted by Gasteiger charge is 2.38. The van der Waals surface area contributed by atoms with Crippen molar-refractivity contribution in [2.45, 2.75) is 150 Å². The molecule has 0 aromatic carbocycles. The minimum atomic E-state index is -0.423. The molecule has 0 saturated carbocycles. The summed E-state index contributed by atoms with van der Waals surface area (Å²) in [6.07, 6.45) is 18.6. The van der Waals surface area contributed by atoms with Gasteiger partial charge in [0.15, 0.2) is 0 Å². The van der Waals surface area contributed by atoms with Crippen LogP contribution in [0.5, 0.6) is 0 Å². The van der Waals surface area contributed by atoms with E-state index in [2.05, 4.69) is 34.6 Å². The normalized spacial score (nSPS) is 11.7. The Morgan fingerprint density at radius 2 is 1.06 bits per heavy atom. The van der Waals surface area contributed by atoms with Crippen LogP contribution in [0.15, 0.2) is 0 Å². The lowest BCUT2D eigenvalue weighted by atomic mass is 9.74. The second-order valence-electron chi connectivity index (χ2n) is 9.65. The lowest BCUT2D eigenvalue weighted by molar-refractivity contribution is -0.178. The van der Waals surface area contributed by atoms with Crippen molar-refractivity contribution in [3.63, 3.8) is 0 Å². The second-order valence-corrected chi connectivity index (χ2v) is 9.65. The lowest BCUT2D eigenvalue weighted by Gasteiger charge is -2.31. The summed E-state index contributed by atoms with van der Waals surface area (Å²) < 4.78 is 11.1. The van der Waals surface area contributed by atoms with E-state index in [4.69, 9.17) is 9.47 Å². The van der Waals surface area contributed by atoms with Crippen LogP contribution in [0, 0.1) is 11.3 Å². The van der Waals surface area contributed by atoms with Crippen molar-refractivity contribution < 1.29 is 19.1 Å². The highest BCUT2D eigenvalue weighted by Crippen LogP contribution is 2.38. The Morgan fingerprint density at radius 1 is 0.594 bits per heavy atom. The molecule has 0 atom stereocenters. The molecule has 0 saturated heterocycles. The van der Waals surface area contributed by atoms with Crippen molar-refractivity contribution in [3.8, 4) is 0 Å². The van der Waals surface area contributed by atoms with Crippen molar-refractivity contribution in [1.29, 1.82) is 0 Å². The minimum Gasteiger partial charge on any atom is -0.428 e. The number of hydrogen-bond acceptors (Lipinski definition) is 4. The van der Waals surface area contributed by atoms with Gasteiger partial charge in [-0.2, -0.15) is 0 Å². The molecule has 32 heavy (non-hydrogen) atoms. The molecule has 0 N–H and O–H groups in total. The zero-order chi connectivity index (χ0) is 24.1. The van der Waals surface area contributed by atoms with Crippen LogP contribution in [-0.4, -0.2) is 18.7 Å². The van der Waals surface area contributed by atoms with Gasteiger partial charge in [0.1, 0.15) is 0 Å². The van der Waals surface area contributed by atoms with Crippen LogP contribution in [0.1, 0.15) is 150 Å². The molecule has 190 valence electrons.